The lowest BCUT2D eigenvalue weighted by molar-refractivity contribution is -0.146. The molecule has 132 valence electrons. The molecule has 0 aromatic heterocycles. The van der Waals surface area contributed by atoms with Gasteiger partial charge in [-0.05, 0) is 18.8 Å². The first-order valence-electron chi connectivity index (χ1n) is 8.59. The SMILES string of the molecule is CC(C)C(N)C(=O)N1CCCC2(C1)SCCN2C(=O)C(C)(C)C. The quantitative estimate of drug-likeness (QED) is 0.833. The van der Waals surface area contributed by atoms with Crippen molar-refractivity contribution in [1.82, 2.24) is 9.80 Å². The van der Waals surface area contributed by atoms with Gasteiger partial charge in [-0.15, -0.1) is 11.8 Å². The molecule has 1 spiro atoms. The largest absolute Gasteiger partial charge is 0.338 e. The molecule has 2 saturated heterocycles. The molecule has 2 heterocycles. The number of nitrogens with two attached hydrogens (primary N) is 1. The minimum Gasteiger partial charge on any atom is -0.338 e. The lowest BCUT2D eigenvalue weighted by Crippen LogP contribution is -2.60. The van der Waals surface area contributed by atoms with E-state index in [1.54, 1.807) is 0 Å². The zero-order chi connectivity index (χ0) is 17.4. The van der Waals surface area contributed by atoms with E-state index in [-0.39, 0.29) is 22.6 Å². The van der Waals surface area contributed by atoms with Crippen LogP contribution >= 0.6 is 11.8 Å². The van der Waals surface area contributed by atoms with E-state index in [1.165, 1.54) is 0 Å². The molecule has 2 aliphatic heterocycles. The Bertz CT molecular complexity index is 475. The zero-order valence-corrected chi connectivity index (χ0v) is 15.9. The van der Waals surface area contributed by atoms with E-state index in [1.807, 2.05) is 56.2 Å². The van der Waals surface area contributed by atoms with Crippen molar-refractivity contribution in [1.29, 1.82) is 0 Å². The van der Waals surface area contributed by atoms with E-state index in [0.717, 1.165) is 31.7 Å². The van der Waals surface area contributed by atoms with Crippen LogP contribution in [0.1, 0.15) is 47.5 Å². The van der Waals surface area contributed by atoms with Crippen LogP contribution in [-0.4, -0.2) is 57.9 Å². The van der Waals surface area contributed by atoms with Gasteiger partial charge in [-0.3, -0.25) is 9.59 Å². The first-order valence-corrected chi connectivity index (χ1v) is 9.57. The normalized spacial score (nSPS) is 26.9. The third-order valence-corrected chi connectivity index (χ3v) is 6.29. The summed E-state index contributed by atoms with van der Waals surface area (Å²) in [4.78, 5) is 29.1. The summed E-state index contributed by atoms with van der Waals surface area (Å²) in [6, 6.07) is -0.455. The Labute approximate surface area is 144 Å². The van der Waals surface area contributed by atoms with Gasteiger partial charge in [0.15, 0.2) is 0 Å². The van der Waals surface area contributed by atoms with Crippen LogP contribution in [0.15, 0.2) is 0 Å². The van der Waals surface area contributed by atoms with Crippen molar-refractivity contribution in [3.63, 3.8) is 0 Å². The van der Waals surface area contributed by atoms with Crippen molar-refractivity contribution in [2.24, 2.45) is 17.1 Å². The highest BCUT2D eigenvalue weighted by Gasteiger charge is 2.50. The van der Waals surface area contributed by atoms with Crippen LogP contribution in [0.2, 0.25) is 0 Å². The summed E-state index contributed by atoms with van der Waals surface area (Å²) in [6.45, 7) is 12.0. The van der Waals surface area contributed by atoms with Crippen molar-refractivity contribution in [2.45, 2.75) is 58.4 Å². The Morgan fingerprint density at radius 1 is 1.22 bits per heavy atom. The van der Waals surface area contributed by atoms with Gasteiger partial charge in [0.25, 0.3) is 0 Å². The third kappa shape index (κ3) is 3.68. The van der Waals surface area contributed by atoms with Crippen LogP contribution in [0, 0.1) is 11.3 Å². The van der Waals surface area contributed by atoms with E-state index in [0.29, 0.717) is 6.54 Å². The highest BCUT2D eigenvalue weighted by molar-refractivity contribution is 8.00. The fourth-order valence-corrected chi connectivity index (χ4v) is 4.84. The number of likely N-dealkylation sites (tertiary alicyclic amines) is 1. The van der Waals surface area contributed by atoms with Crippen LogP contribution in [-0.2, 0) is 9.59 Å². The van der Waals surface area contributed by atoms with Crippen LogP contribution in [0.3, 0.4) is 0 Å². The maximum Gasteiger partial charge on any atom is 0.239 e. The molecule has 0 aromatic carbocycles. The van der Waals surface area contributed by atoms with Gasteiger partial charge < -0.3 is 15.5 Å². The summed E-state index contributed by atoms with van der Waals surface area (Å²) in [7, 11) is 0. The summed E-state index contributed by atoms with van der Waals surface area (Å²) in [5, 5.41) is 0. The number of rotatable bonds is 2. The van der Waals surface area contributed by atoms with Crippen LogP contribution in [0.25, 0.3) is 0 Å². The number of hydrogen-bond acceptors (Lipinski definition) is 4. The Morgan fingerprint density at radius 3 is 2.43 bits per heavy atom. The molecular formula is C17H31N3O2S. The third-order valence-electron chi connectivity index (χ3n) is 4.81. The number of nitrogens with zero attached hydrogens (tertiary/aromatic N) is 2. The zero-order valence-electron chi connectivity index (χ0n) is 15.1. The number of carbonyl (C=O) groups excluding carboxylic acids is 2. The Morgan fingerprint density at radius 2 is 1.87 bits per heavy atom. The maximum absolute atomic E-state index is 12.8. The van der Waals surface area contributed by atoms with E-state index < -0.39 is 11.5 Å². The van der Waals surface area contributed by atoms with Crippen molar-refractivity contribution >= 4 is 23.6 Å². The molecule has 2 fully saturated rings. The summed E-state index contributed by atoms with van der Waals surface area (Å²) >= 11 is 1.83. The van der Waals surface area contributed by atoms with Gasteiger partial charge in [-0.1, -0.05) is 34.6 Å². The number of carbonyl (C=O) groups is 2. The number of hydrogen-bond donors (Lipinski definition) is 1. The Balaban J connectivity index is 2.18. The van der Waals surface area contributed by atoms with Crippen molar-refractivity contribution in [3.05, 3.63) is 0 Å². The first-order chi connectivity index (χ1) is 10.6. The molecule has 0 aliphatic carbocycles. The molecule has 0 aromatic rings. The van der Waals surface area contributed by atoms with E-state index in [9.17, 15) is 9.59 Å². The summed E-state index contributed by atoms with van der Waals surface area (Å²) in [6.07, 6.45) is 1.89. The molecule has 2 unspecified atom stereocenters. The monoisotopic (exact) mass is 341 g/mol. The second kappa shape index (κ2) is 6.63. The van der Waals surface area contributed by atoms with Crippen molar-refractivity contribution in [2.75, 3.05) is 25.4 Å². The molecule has 0 bridgehead atoms. The lowest BCUT2D eigenvalue weighted by Gasteiger charge is -2.47. The predicted molar refractivity (Wildman–Crippen MR) is 95.0 cm³/mol. The van der Waals surface area contributed by atoms with E-state index in [2.05, 4.69) is 0 Å². The standard InChI is InChI=1S/C17H31N3O2S/c1-12(2)13(18)14(21)19-8-6-7-17(11-19)20(9-10-23-17)15(22)16(3,4)5/h12-13H,6-11,18H2,1-5H3. The number of amides is 2. The molecule has 2 rings (SSSR count). The fraction of sp³-hybridized carbons (Fsp3) is 0.882. The number of thioether (sulfide) groups is 1. The maximum atomic E-state index is 12.8. The molecule has 6 heteroatoms. The van der Waals surface area contributed by atoms with Crippen LogP contribution in [0.4, 0.5) is 0 Å². The van der Waals surface area contributed by atoms with Gasteiger partial charge >= 0.3 is 0 Å². The summed E-state index contributed by atoms with van der Waals surface area (Å²) < 4.78 is 0. The van der Waals surface area contributed by atoms with Gasteiger partial charge in [0.1, 0.15) is 4.87 Å². The van der Waals surface area contributed by atoms with Crippen LogP contribution < -0.4 is 5.73 Å². The second-order valence-corrected chi connectivity index (χ2v) is 9.59. The molecule has 2 atom stereocenters. The van der Waals surface area contributed by atoms with Crippen molar-refractivity contribution < 1.29 is 9.59 Å². The smallest absolute Gasteiger partial charge is 0.239 e. The van der Waals surface area contributed by atoms with Gasteiger partial charge in [-0.25, -0.2) is 0 Å². The minimum atomic E-state index is -0.455. The molecule has 2 amide bonds. The summed E-state index contributed by atoms with van der Waals surface area (Å²) in [5.74, 6) is 1.28. The van der Waals surface area contributed by atoms with Crippen LogP contribution in [0.5, 0.6) is 0 Å². The highest BCUT2D eigenvalue weighted by Crippen LogP contribution is 2.44. The lowest BCUT2D eigenvalue weighted by atomic mass is 9.92. The average Bonchev–Trinajstić information content (AvgIpc) is 2.86. The number of piperidine rings is 1. The molecule has 23 heavy (non-hydrogen) atoms. The minimum absolute atomic E-state index is 0.0229. The average molecular weight is 342 g/mol. The predicted octanol–water partition coefficient (Wildman–Crippen LogP) is 1.91. The van der Waals surface area contributed by atoms with Crippen molar-refractivity contribution in [3.8, 4) is 0 Å². The van der Waals surface area contributed by atoms with E-state index in [4.69, 9.17) is 5.73 Å². The Kier molecular flexibility index (Phi) is 5.36. The molecular weight excluding hydrogens is 310 g/mol. The second-order valence-electron chi connectivity index (χ2n) is 8.13. The molecule has 2 N–H and O–H groups in total. The molecule has 0 radical (unpaired) electrons. The topological polar surface area (TPSA) is 66.6 Å². The fourth-order valence-electron chi connectivity index (χ4n) is 3.32. The molecule has 5 nitrogen and oxygen atoms in total. The Hall–Kier alpha value is -0.750. The van der Waals surface area contributed by atoms with Gasteiger partial charge in [-0.2, -0.15) is 0 Å². The molecule has 0 saturated carbocycles. The van der Waals surface area contributed by atoms with Gasteiger partial charge in [0.05, 0.1) is 12.6 Å². The van der Waals surface area contributed by atoms with E-state index >= 15 is 0 Å². The highest BCUT2D eigenvalue weighted by atomic mass is 32.2. The molecule has 2 aliphatic rings. The van der Waals surface area contributed by atoms with Gasteiger partial charge in [0.2, 0.25) is 11.8 Å². The summed E-state index contributed by atoms with van der Waals surface area (Å²) in [5.41, 5.74) is 5.67. The first kappa shape index (κ1) is 18.6. The van der Waals surface area contributed by atoms with Gasteiger partial charge in [0, 0.05) is 24.3 Å².